The zero-order valence-corrected chi connectivity index (χ0v) is 16.6. The topological polar surface area (TPSA) is 108 Å². The number of rotatable bonds is 3. The maximum Gasteiger partial charge on any atom is 0.415 e. The van der Waals surface area contributed by atoms with Gasteiger partial charge in [-0.2, -0.15) is 0 Å². The van der Waals surface area contributed by atoms with Crippen molar-refractivity contribution in [3.8, 4) is 0 Å². The first-order valence-electron chi connectivity index (χ1n) is 8.45. The summed E-state index contributed by atoms with van der Waals surface area (Å²) in [6.07, 6.45) is -0.863. The molecule has 0 aliphatic carbocycles. The van der Waals surface area contributed by atoms with Gasteiger partial charge in [0.15, 0.2) is 6.04 Å². The second-order valence-corrected chi connectivity index (χ2v) is 7.08. The number of hydrogen-bond donors (Lipinski definition) is 0. The number of nitrogens with zero attached hydrogens (tertiary/aromatic N) is 1. The highest BCUT2D eigenvalue weighted by Crippen LogP contribution is 2.43. The van der Waals surface area contributed by atoms with Crippen molar-refractivity contribution < 1.29 is 38.1 Å². The number of fused-ring (bicyclic) bond motifs is 1. The van der Waals surface area contributed by atoms with Gasteiger partial charge in [0.05, 0.1) is 32.6 Å². The van der Waals surface area contributed by atoms with Crippen molar-refractivity contribution >= 4 is 29.7 Å². The van der Waals surface area contributed by atoms with Crippen LogP contribution in [-0.2, 0) is 28.5 Å². The molecule has 0 unspecified atom stereocenters. The summed E-state index contributed by atoms with van der Waals surface area (Å²) < 4.78 is 19.7. The summed E-state index contributed by atoms with van der Waals surface area (Å²) in [6, 6.07) is 2.94. The number of esters is 3. The smallest absolute Gasteiger partial charge is 0.415 e. The normalized spacial score (nSPS) is 18.1. The lowest BCUT2D eigenvalue weighted by atomic mass is 9.94. The molecule has 0 bridgehead atoms. The summed E-state index contributed by atoms with van der Waals surface area (Å²) in [4.78, 5) is 50.8. The molecule has 0 saturated heterocycles. The molecule has 1 heterocycles. The Morgan fingerprint density at radius 2 is 1.54 bits per heavy atom. The summed E-state index contributed by atoms with van der Waals surface area (Å²) in [5, 5.41) is 0. The zero-order chi connectivity index (χ0) is 21.2. The van der Waals surface area contributed by atoms with Gasteiger partial charge >= 0.3 is 24.0 Å². The van der Waals surface area contributed by atoms with Gasteiger partial charge in [-0.3, -0.25) is 9.69 Å². The van der Waals surface area contributed by atoms with Crippen LogP contribution in [0.5, 0.6) is 0 Å². The van der Waals surface area contributed by atoms with E-state index in [0.29, 0.717) is 5.56 Å². The molecule has 2 atom stereocenters. The Morgan fingerprint density at radius 1 is 0.929 bits per heavy atom. The fourth-order valence-corrected chi connectivity index (χ4v) is 3.00. The summed E-state index contributed by atoms with van der Waals surface area (Å²) >= 11 is 0. The molecule has 0 aromatic heterocycles. The van der Waals surface area contributed by atoms with Crippen molar-refractivity contribution in [1.29, 1.82) is 0 Å². The number of anilines is 1. The molecule has 28 heavy (non-hydrogen) atoms. The van der Waals surface area contributed by atoms with Gasteiger partial charge in [0, 0.05) is 0 Å². The summed E-state index contributed by atoms with van der Waals surface area (Å²) in [6.45, 7) is 4.99. The van der Waals surface area contributed by atoms with E-state index in [9.17, 15) is 19.2 Å². The molecular weight excluding hydrogens is 370 g/mol. The van der Waals surface area contributed by atoms with E-state index >= 15 is 0 Å². The number of carbonyl (C=O) groups excluding carboxylic acids is 4. The molecule has 1 amide bonds. The van der Waals surface area contributed by atoms with Gasteiger partial charge in [0.1, 0.15) is 11.5 Å². The van der Waals surface area contributed by atoms with Gasteiger partial charge in [-0.05, 0) is 38.5 Å². The van der Waals surface area contributed by atoms with Crippen LogP contribution in [0.4, 0.5) is 10.5 Å². The van der Waals surface area contributed by atoms with E-state index in [1.807, 2.05) is 0 Å². The number of amides is 1. The molecule has 1 aromatic carbocycles. The van der Waals surface area contributed by atoms with Crippen molar-refractivity contribution in [3.63, 3.8) is 0 Å². The van der Waals surface area contributed by atoms with Gasteiger partial charge in [-0.25, -0.2) is 14.4 Å². The molecular formula is C19H23NO8. The number of hydrogen-bond acceptors (Lipinski definition) is 8. The first-order valence-corrected chi connectivity index (χ1v) is 8.45. The van der Waals surface area contributed by atoms with Crippen LogP contribution < -0.4 is 4.90 Å². The van der Waals surface area contributed by atoms with Crippen LogP contribution >= 0.6 is 0 Å². The molecule has 1 aliphatic rings. The monoisotopic (exact) mass is 393 g/mol. The molecule has 152 valence electrons. The van der Waals surface area contributed by atoms with Crippen LogP contribution in [0, 0.1) is 0 Å². The van der Waals surface area contributed by atoms with E-state index in [0.717, 1.165) is 12.0 Å². The van der Waals surface area contributed by atoms with Crippen LogP contribution in [0.1, 0.15) is 42.6 Å². The zero-order valence-electron chi connectivity index (χ0n) is 16.6. The molecule has 9 heteroatoms. The minimum absolute atomic E-state index is 0.143. The van der Waals surface area contributed by atoms with Gasteiger partial charge in [-0.1, -0.05) is 6.07 Å². The van der Waals surface area contributed by atoms with Crippen molar-refractivity contribution in [3.05, 3.63) is 29.3 Å². The highest BCUT2D eigenvalue weighted by atomic mass is 16.6. The molecule has 0 spiro atoms. The second-order valence-electron chi connectivity index (χ2n) is 7.08. The SMILES string of the molecule is COC(=O)c1ccc2c(c1)N(C(=O)OC(C)(C)C)[C@H](C(=O)OC)[C@H]2C(=O)OC. The highest BCUT2D eigenvalue weighted by Gasteiger charge is 2.52. The molecule has 9 nitrogen and oxygen atoms in total. The van der Waals surface area contributed by atoms with Crippen molar-refractivity contribution in [2.45, 2.75) is 38.3 Å². The Kier molecular flexibility index (Phi) is 5.96. The Morgan fingerprint density at radius 3 is 2.04 bits per heavy atom. The average Bonchev–Trinajstić information content (AvgIpc) is 2.99. The third-order valence-electron chi connectivity index (χ3n) is 4.13. The predicted octanol–water partition coefficient (Wildman–Crippen LogP) is 2.03. The maximum atomic E-state index is 12.9. The van der Waals surface area contributed by atoms with Crippen LogP contribution in [0.3, 0.4) is 0 Å². The Bertz CT molecular complexity index is 811. The van der Waals surface area contributed by atoms with Crippen LogP contribution in [0.25, 0.3) is 0 Å². The summed E-state index contributed by atoms with van der Waals surface area (Å²) in [5.41, 5.74) is -0.214. The van der Waals surface area contributed by atoms with Gasteiger partial charge in [0.25, 0.3) is 0 Å². The third kappa shape index (κ3) is 3.92. The van der Waals surface area contributed by atoms with Crippen LogP contribution in [0.15, 0.2) is 18.2 Å². The molecule has 0 radical (unpaired) electrons. The highest BCUT2D eigenvalue weighted by molar-refractivity contribution is 6.06. The lowest BCUT2D eigenvalue weighted by Crippen LogP contribution is -2.48. The fourth-order valence-electron chi connectivity index (χ4n) is 3.00. The number of methoxy groups -OCH3 is 3. The molecule has 0 fully saturated rings. The maximum absolute atomic E-state index is 12.9. The first-order chi connectivity index (χ1) is 13.1. The van der Waals surface area contributed by atoms with Gasteiger partial charge in [-0.15, -0.1) is 0 Å². The van der Waals surface area contributed by atoms with E-state index in [1.54, 1.807) is 20.8 Å². The quantitative estimate of drug-likeness (QED) is 0.567. The lowest BCUT2D eigenvalue weighted by Gasteiger charge is -2.29. The standard InChI is InChI=1S/C19H23NO8/c1-19(2,3)28-18(24)20-12-9-10(15(21)25-4)7-8-11(12)13(16(22)26-5)14(20)17(23)27-6/h7-9,13-14H,1-6H3/t13-,14-/m0/s1. The first kappa shape index (κ1) is 21.2. The van der Waals surface area contributed by atoms with Crippen molar-refractivity contribution in [2.24, 2.45) is 0 Å². The lowest BCUT2D eigenvalue weighted by molar-refractivity contribution is -0.150. The Hall–Kier alpha value is -3.10. The van der Waals surface area contributed by atoms with Gasteiger partial charge in [0.2, 0.25) is 0 Å². The predicted molar refractivity (Wildman–Crippen MR) is 97.1 cm³/mol. The van der Waals surface area contributed by atoms with E-state index in [4.69, 9.17) is 18.9 Å². The number of ether oxygens (including phenoxy) is 4. The molecule has 0 saturated carbocycles. The Labute approximate surface area is 162 Å². The van der Waals surface area contributed by atoms with Crippen LogP contribution in [0.2, 0.25) is 0 Å². The van der Waals surface area contributed by atoms with E-state index < -0.39 is 41.6 Å². The molecule has 1 aliphatic heterocycles. The molecule has 1 aromatic rings. The van der Waals surface area contributed by atoms with Crippen LogP contribution in [-0.4, -0.2) is 57.0 Å². The van der Waals surface area contributed by atoms with Gasteiger partial charge < -0.3 is 18.9 Å². The number of benzene rings is 1. The molecule has 2 rings (SSSR count). The van der Waals surface area contributed by atoms with Crippen molar-refractivity contribution in [2.75, 3.05) is 26.2 Å². The second kappa shape index (κ2) is 7.87. The number of carbonyl (C=O) groups is 4. The average molecular weight is 393 g/mol. The summed E-state index contributed by atoms with van der Waals surface area (Å²) in [5.74, 6) is -3.32. The molecule has 0 N–H and O–H groups in total. The van der Waals surface area contributed by atoms with E-state index in [2.05, 4.69) is 0 Å². The minimum Gasteiger partial charge on any atom is -0.468 e. The largest absolute Gasteiger partial charge is 0.468 e. The van der Waals surface area contributed by atoms with Crippen molar-refractivity contribution in [1.82, 2.24) is 0 Å². The summed E-state index contributed by atoms with van der Waals surface area (Å²) in [7, 11) is 3.54. The van der Waals surface area contributed by atoms with E-state index in [1.165, 1.54) is 32.4 Å². The minimum atomic E-state index is -1.34. The Balaban J connectivity index is 2.68. The van der Waals surface area contributed by atoms with E-state index in [-0.39, 0.29) is 11.3 Å². The third-order valence-corrected chi connectivity index (χ3v) is 4.13. The fraction of sp³-hybridized carbons (Fsp3) is 0.474.